The van der Waals surface area contributed by atoms with E-state index in [0.29, 0.717) is 57.6 Å². The number of carbonyl (C=O) groups is 1. The number of nitrogens with zero attached hydrogens (tertiary/aromatic N) is 6. The Morgan fingerprint density at radius 1 is 1.08 bits per heavy atom. The van der Waals surface area contributed by atoms with Crippen LogP contribution in [0.15, 0.2) is 30.3 Å². The first-order valence-electron chi connectivity index (χ1n) is 17.9. The van der Waals surface area contributed by atoms with E-state index in [9.17, 15) is 9.90 Å². The Morgan fingerprint density at radius 2 is 1.82 bits per heavy atom. The van der Waals surface area contributed by atoms with Crippen molar-refractivity contribution in [2.75, 3.05) is 51.6 Å². The summed E-state index contributed by atoms with van der Waals surface area (Å²) in [7, 11) is 1.52. The molecule has 2 aromatic heterocycles. The van der Waals surface area contributed by atoms with Gasteiger partial charge < -0.3 is 29.0 Å². The number of carbonyl (C=O) groups excluding carboxylic acids is 1. The Bertz CT molecular complexity index is 1930. The summed E-state index contributed by atoms with van der Waals surface area (Å²) in [6.45, 7) is 9.41. The van der Waals surface area contributed by atoms with Gasteiger partial charge in [-0.05, 0) is 96.0 Å². The minimum Gasteiger partial charge on any atom is -0.468 e. The number of hydrogen-bond donors (Lipinski definition) is 1. The van der Waals surface area contributed by atoms with Gasteiger partial charge in [-0.25, -0.2) is 14.2 Å². The summed E-state index contributed by atoms with van der Waals surface area (Å²) in [4.78, 5) is 35.2. The van der Waals surface area contributed by atoms with Crippen molar-refractivity contribution in [2.24, 2.45) is 0 Å². The van der Waals surface area contributed by atoms with Crippen LogP contribution in [0, 0.1) is 5.82 Å². The molecule has 2 unspecified atom stereocenters. The third-order valence-electron chi connectivity index (χ3n) is 10.7. The molecule has 14 heteroatoms. The summed E-state index contributed by atoms with van der Waals surface area (Å²) >= 11 is 1.23. The number of aliphatic hydroxyl groups excluding tert-OH is 1. The molecular weight excluding hydrogens is 676 g/mol. The molecule has 4 aliphatic heterocycles. The van der Waals surface area contributed by atoms with Crippen LogP contribution in [0.25, 0.3) is 21.1 Å². The van der Waals surface area contributed by atoms with E-state index >= 15 is 4.39 Å². The number of piperazine rings is 1. The van der Waals surface area contributed by atoms with E-state index in [1.54, 1.807) is 24.3 Å². The number of anilines is 1. The second kappa shape index (κ2) is 13.3. The quantitative estimate of drug-likeness (QED) is 0.204. The Kier molecular flexibility index (Phi) is 8.92. The Hall–Kier alpha value is -3.85. The summed E-state index contributed by atoms with van der Waals surface area (Å²) in [6.07, 6.45) is 4.63. The summed E-state index contributed by atoms with van der Waals surface area (Å²) in [5, 5.41) is 13.1. The largest absolute Gasteiger partial charge is 0.468 e. The van der Waals surface area contributed by atoms with Gasteiger partial charge in [0, 0.05) is 31.1 Å². The maximum atomic E-state index is 15.4. The number of ether oxygens (including phenoxy) is 4. The van der Waals surface area contributed by atoms with Gasteiger partial charge in [0.1, 0.15) is 40.4 Å². The van der Waals surface area contributed by atoms with E-state index in [1.165, 1.54) is 24.5 Å². The number of thiazole rings is 1. The number of rotatable bonds is 9. The smallest absolute Gasteiger partial charge is 0.410 e. The van der Waals surface area contributed by atoms with Crippen LogP contribution in [0.3, 0.4) is 0 Å². The number of aromatic nitrogens is 3. The van der Waals surface area contributed by atoms with E-state index in [1.807, 2.05) is 25.7 Å². The van der Waals surface area contributed by atoms with Gasteiger partial charge in [-0.15, -0.1) is 0 Å². The fourth-order valence-electron chi connectivity index (χ4n) is 8.50. The third kappa shape index (κ3) is 6.44. The highest BCUT2D eigenvalue weighted by molar-refractivity contribution is 7.18. The lowest BCUT2D eigenvalue weighted by Crippen LogP contribution is -2.57. The van der Waals surface area contributed by atoms with Gasteiger partial charge in [-0.3, -0.25) is 9.80 Å². The van der Waals surface area contributed by atoms with E-state index < -0.39 is 17.5 Å². The van der Waals surface area contributed by atoms with Crippen LogP contribution in [-0.2, 0) is 9.47 Å². The highest BCUT2D eigenvalue weighted by Crippen LogP contribution is 2.42. The Balaban J connectivity index is 1.16. The van der Waals surface area contributed by atoms with Crippen molar-refractivity contribution in [3.05, 3.63) is 46.7 Å². The van der Waals surface area contributed by atoms with Crippen LogP contribution in [0.4, 0.5) is 15.0 Å². The van der Waals surface area contributed by atoms with E-state index in [4.69, 9.17) is 33.9 Å². The first-order chi connectivity index (χ1) is 24.5. The van der Waals surface area contributed by atoms with Crippen molar-refractivity contribution < 1.29 is 33.2 Å². The number of benzene rings is 2. The molecule has 1 amide bonds. The monoisotopic (exact) mass is 720 g/mol. The van der Waals surface area contributed by atoms with Crippen LogP contribution in [0.1, 0.15) is 76.0 Å². The number of amides is 1. The fourth-order valence-corrected chi connectivity index (χ4v) is 9.43. The first-order valence-corrected chi connectivity index (χ1v) is 18.7. The van der Waals surface area contributed by atoms with Gasteiger partial charge in [0.2, 0.25) is 0 Å². The van der Waals surface area contributed by atoms with Crippen LogP contribution in [0.2, 0.25) is 0 Å². The SMILES string of the molecule is COCOc1cc([C@H](O)c2nc3c(N4CC5CCC(C4)N5C(=O)OC(C)(C)C)nc(OCC45CCCN4CCC5)nc3s2)c2c(F)cccc2c1. The maximum absolute atomic E-state index is 15.4. The standard InChI is InChI=1S/C37H45FN6O6S/c1-36(2,3)50-35(46)44-23-10-11-24(44)19-42(18-23)31-29-32(41-34(40-31)48-20-37-12-6-14-43(37)15-7-13-37)51-33(39-29)30(45)26-17-25(49-21-47-4)16-22-8-5-9-27(38)28(22)26/h5,8-9,16-17,23-24,30,45H,6-7,10-15,18-21H2,1-4H3/t23?,24?,30-/m0/s1. The molecule has 2 aromatic carbocycles. The van der Waals surface area contributed by atoms with Gasteiger partial charge >= 0.3 is 12.1 Å². The highest BCUT2D eigenvalue weighted by atomic mass is 32.1. The van der Waals surface area contributed by atoms with Crippen molar-refractivity contribution in [2.45, 2.75) is 88.6 Å². The van der Waals surface area contributed by atoms with Gasteiger partial charge in [0.15, 0.2) is 17.4 Å². The van der Waals surface area contributed by atoms with Crippen molar-refractivity contribution in [1.82, 2.24) is 24.8 Å². The van der Waals surface area contributed by atoms with Crippen LogP contribution in [-0.4, -0.2) is 106 Å². The topological polar surface area (TPSA) is 123 Å². The predicted octanol–water partition coefficient (Wildman–Crippen LogP) is 6.04. The summed E-state index contributed by atoms with van der Waals surface area (Å²) in [5.74, 6) is 0.584. The average molecular weight is 721 g/mol. The number of fused-ring (bicyclic) bond motifs is 5. The molecule has 0 saturated carbocycles. The zero-order valence-electron chi connectivity index (χ0n) is 29.6. The molecule has 4 fully saturated rings. The van der Waals surface area contributed by atoms with Crippen LogP contribution < -0.4 is 14.4 Å². The minimum atomic E-state index is -1.28. The summed E-state index contributed by atoms with van der Waals surface area (Å²) < 4.78 is 38.4. The molecule has 0 aliphatic carbocycles. The normalized spacial score (nSPS) is 22.2. The summed E-state index contributed by atoms with van der Waals surface area (Å²) in [5.41, 5.74) is 0.276. The zero-order valence-corrected chi connectivity index (χ0v) is 30.4. The third-order valence-corrected chi connectivity index (χ3v) is 11.7. The molecule has 0 radical (unpaired) electrons. The Morgan fingerprint density at radius 3 is 2.53 bits per heavy atom. The van der Waals surface area contributed by atoms with Gasteiger partial charge in [-0.1, -0.05) is 23.5 Å². The lowest BCUT2D eigenvalue weighted by molar-refractivity contribution is 0.0122. The number of methoxy groups -OCH3 is 1. The zero-order chi connectivity index (χ0) is 35.5. The number of halogens is 1. The predicted molar refractivity (Wildman–Crippen MR) is 191 cm³/mol. The molecule has 6 heterocycles. The average Bonchev–Trinajstić information content (AvgIpc) is 3.86. The van der Waals surface area contributed by atoms with Crippen molar-refractivity contribution in [3.63, 3.8) is 0 Å². The Labute approximate surface area is 300 Å². The van der Waals surface area contributed by atoms with Crippen molar-refractivity contribution in [3.8, 4) is 11.8 Å². The molecule has 4 saturated heterocycles. The van der Waals surface area contributed by atoms with Gasteiger partial charge in [0.25, 0.3) is 0 Å². The van der Waals surface area contributed by atoms with Crippen LogP contribution in [0.5, 0.6) is 11.8 Å². The molecular formula is C37H45FN6O6S. The molecule has 4 aliphatic rings. The summed E-state index contributed by atoms with van der Waals surface area (Å²) in [6, 6.07) is 8.30. The molecule has 8 rings (SSSR count). The number of aliphatic hydroxyl groups is 1. The highest BCUT2D eigenvalue weighted by Gasteiger charge is 2.47. The maximum Gasteiger partial charge on any atom is 0.410 e. The lowest BCUT2D eigenvalue weighted by Gasteiger charge is -2.41. The van der Waals surface area contributed by atoms with Crippen LogP contribution >= 0.6 is 11.3 Å². The molecule has 3 atom stereocenters. The van der Waals surface area contributed by atoms with Crippen molar-refractivity contribution >= 4 is 44.4 Å². The van der Waals surface area contributed by atoms with Gasteiger partial charge in [-0.2, -0.15) is 9.97 Å². The molecule has 272 valence electrons. The molecule has 51 heavy (non-hydrogen) atoms. The van der Waals surface area contributed by atoms with E-state index in [2.05, 4.69) is 9.80 Å². The molecule has 4 aromatic rings. The second-order valence-corrected chi connectivity index (χ2v) is 16.2. The second-order valence-electron chi connectivity index (χ2n) is 15.2. The van der Waals surface area contributed by atoms with E-state index in [0.717, 1.165) is 51.6 Å². The van der Waals surface area contributed by atoms with Crippen molar-refractivity contribution in [1.29, 1.82) is 0 Å². The molecule has 12 nitrogen and oxygen atoms in total. The first kappa shape index (κ1) is 34.2. The van der Waals surface area contributed by atoms with E-state index in [-0.39, 0.29) is 41.9 Å². The van der Waals surface area contributed by atoms with Gasteiger partial charge in [0.05, 0.1) is 17.6 Å². The molecule has 1 N–H and O–H groups in total. The lowest BCUT2D eigenvalue weighted by atomic mass is 9.95. The number of hydrogen-bond acceptors (Lipinski definition) is 12. The molecule has 0 spiro atoms. The minimum absolute atomic E-state index is 0.00143. The molecule has 2 bridgehead atoms. The fraction of sp³-hybridized carbons (Fsp3) is 0.568.